The Morgan fingerprint density at radius 1 is 1.04 bits per heavy atom. The molecule has 0 aliphatic rings. The first kappa shape index (κ1) is 19.3. The maximum Gasteiger partial charge on any atom is 0.256 e. The van der Waals surface area contributed by atoms with E-state index in [1.807, 2.05) is 6.92 Å². The number of carbonyl (C=O) groups is 2. The first-order valence-corrected chi connectivity index (χ1v) is 8.29. The van der Waals surface area contributed by atoms with Gasteiger partial charge < -0.3 is 19.7 Å². The Balaban J connectivity index is 2.33. The molecule has 0 saturated heterocycles. The highest BCUT2D eigenvalue weighted by atomic mass is 16.5. The fraction of sp³-hybridized carbons (Fsp3) is 0.300. The van der Waals surface area contributed by atoms with Gasteiger partial charge in [-0.3, -0.25) is 9.59 Å². The lowest BCUT2D eigenvalue weighted by molar-refractivity contribution is 0.0827. The minimum Gasteiger partial charge on any atom is -0.493 e. The van der Waals surface area contributed by atoms with E-state index in [9.17, 15) is 9.59 Å². The maximum atomic E-state index is 12.8. The van der Waals surface area contributed by atoms with E-state index in [1.54, 1.807) is 57.6 Å². The largest absolute Gasteiger partial charge is 0.493 e. The van der Waals surface area contributed by atoms with Gasteiger partial charge in [0.25, 0.3) is 11.8 Å². The van der Waals surface area contributed by atoms with Crippen molar-refractivity contribution in [1.29, 1.82) is 0 Å². The lowest BCUT2D eigenvalue weighted by atomic mass is 10.0. The number of carbonyl (C=O) groups excluding carboxylic acids is 2. The number of rotatable bonds is 6. The van der Waals surface area contributed by atoms with Gasteiger partial charge in [0.15, 0.2) is 11.5 Å². The van der Waals surface area contributed by atoms with E-state index in [-0.39, 0.29) is 11.8 Å². The normalized spacial score (nSPS) is 10.2. The van der Waals surface area contributed by atoms with Crippen molar-refractivity contribution >= 4 is 17.5 Å². The summed E-state index contributed by atoms with van der Waals surface area (Å²) in [4.78, 5) is 26.4. The second-order valence-corrected chi connectivity index (χ2v) is 5.95. The molecule has 0 aromatic heterocycles. The van der Waals surface area contributed by atoms with Crippen molar-refractivity contribution in [2.75, 3.05) is 33.6 Å². The summed E-state index contributed by atoms with van der Waals surface area (Å²) in [6, 6.07) is 10.3. The predicted octanol–water partition coefficient (Wildman–Crippen LogP) is 3.22. The van der Waals surface area contributed by atoms with Crippen LogP contribution in [0.15, 0.2) is 36.4 Å². The number of aryl methyl sites for hydroxylation is 1. The number of amides is 2. The summed E-state index contributed by atoms with van der Waals surface area (Å²) in [5.41, 5.74) is 2.42. The monoisotopic (exact) mass is 356 g/mol. The minimum atomic E-state index is -0.266. The lowest BCUT2D eigenvalue weighted by Crippen LogP contribution is -2.22. The molecule has 0 aliphatic carbocycles. The molecular formula is C20H24N2O4. The summed E-state index contributed by atoms with van der Waals surface area (Å²) in [6.45, 7) is 1.97. The van der Waals surface area contributed by atoms with Crippen LogP contribution < -0.4 is 14.8 Å². The average Bonchev–Trinajstić information content (AvgIpc) is 2.66. The number of hydrogen-bond donors (Lipinski definition) is 1. The molecule has 2 rings (SSSR count). The molecule has 0 atom stereocenters. The molecule has 0 spiro atoms. The molecule has 0 saturated carbocycles. The van der Waals surface area contributed by atoms with Crippen molar-refractivity contribution in [3.63, 3.8) is 0 Å². The quantitative estimate of drug-likeness (QED) is 0.863. The van der Waals surface area contributed by atoms with E-state index in [0.717, 1.165) is 5.56 Å². The minimum absolute atomic E-state index is 0.124. The molecule has 6 nitrogen and oxygen atoms in total. The molecule has 1 N–H and O–H groups in total. The van der Waals surface area contributed by atoms with Crippen LogP contribution in [0.3, 0.4) is 0 Å². The van der Waals surface area contributed by atoms with Gasteiger partial charge in [-0.1, -0.05) is 13.0 Å². The number of methoxy groups -OCH3 is 2. The van der Waals surface area contributed by atoms with Gasteiger partial charge >= 0.3 is 0 Å². The van der Waals surface area contributed by atoms with E-state index in [0.29, 0.717) is 34.7 Å². The van der Waals surface area contributed by atoms with Crippen LogP contribution in [0, 0.1) is 0 Å². The highest BCUT2D eigenvalue weighted by molar-refractivity contribution is 6.06. The Bertz CT molecular complexity index is 815. The van der Waals surface area contributed by atoms with Crippen LogP contribution in [0.25, 0.3) is 0 Å². The van der Waals surface area contributed by atoms with Crippen LogP contribution in [-0.4, -0.2) is 45.0 Å². The Labute approximate surface area is 153 Å². The number of benzene rings is 2. The fourth-order valence-corrected chi connectivity index (χ4v) is 2.61. The van der Waals surface area contributed by atoms with Gasteiger partial charge in [-0.2, -0.15) is 0 Å². The molecule has 138 valence electrons. The van der Waals surface area contributed by atoms with Crippen molar-refractivity contribution in [3.8, 4) is 11.5 Å². The van der Waals surface area contributed by atoms with Gasteiger partial charge in [-0.15, -0.1) is 0 Å². The van der Waals surface area contributed by atoms with Gasteiger partial charge in [0, 0.05) is 30.9 Å². The fourth-order valence-electron chi connectivity index (χ4n) is 2.61. The third-order valence-corrected chi connectivity index (χ3v) is 4.01. The topological polar surface area (TPSA) is 67.9 Å². The van der Waals surface area contributed by atoms with Crippen molar-refractivity contribution in [1.82, 2.24) is 4.90 Å². The van der Waals surface area contributed by atoms with Crippen molar-refractivity contribution in [2.45, 2.75) is 13.3 Å². The Morgan fingerprint density at radius 2 is 1.69 bits per heavy atom. The second-order valence-electron chi connectivity index (χ2n) is 5.95. The van der Waals surface area contributed by atoms with Crippen molar-refractivity contribution < 1.29 is 19.1 Å². The molecule has 0 unspecified atom stereocenters. The van der Waals surface area contributed by atoms with E-state index in [1.165, 1.54) is 12.0 Å². The van der Waals surface area contributed by atoms with E-state index >= 15 is 0 Å². The molecule has 2 aromatic rings. The van der Waals surface area contributed by atoms with Crippen LogP contribution in [0.2, 0.25) is 0 Å². The van der Waals surface area contributed by atoms with E-state index in [2.05, 4.69) is 5.32 Å². The van der Waals surface area contributed by atoms with Gasteiger partial charge in [0.2, 0.25) is 0 Å². The molecule has 2 amide bonds. The van der Waals surface area contributed by atoms with Crippen molar-refractivity contribution in [2.24, 2.45) is 0 Å². The van der Waals surface area contributed by atoms with Crippen LogP contribution in [0.4, 0.5) is 5.69 Å². The molecule has 0 bridgehead atoms. The molecule has 6 heteroatoms. The Kier molecular flexibility index (Phi) is 6.22. The Hall–Kier alpha value is -3.02. The number of nitrogens with one attached hydrogen (secondary N) is 1. The molecule has 0 heterocycles. The summed E-state index contributed by atoms with van der Waals surface area (Å²) in [7, 11) is 6.46. The first-order chi connectivity index (χ1) is 12.4. The smallest absolute Gasteiger partial charge is 0.256 e. The molecule has 0 aliphatic heterocycles. The zero-order valence-electron chi connectivity index (χ0n) is 15.8. The lowest BCUT2D eigenvalue weighted by Gasteiger charge is -2.15. The number of nitrogens with zero attached hydrogens (tertiary/aromatic N) is 1. The van der Waals surface area contributed by atoms with Crippen LogP contribution in [0.5, 0.6) is 11.5 Å². The van der Waals surface area contributed by atoms with Gasteiger partial charge in [-0.05, 0) is 42.3 Å². The third kappa shape index (κ3) is 4.14. The maximum absolute atomic E-state index is 12.8. The zero-order valence-corrected chi connectivity index (χ0v) is 15.8. The summed E-state index contributed by atoms with van der Waals surface area (Å²) in [5.74, 6) is 0.685. The predicted molar refractivity (Wildman–Crippen MR) is 101 cm³/mol. The molecule has 0 radical (unpaired) electrons. The summed E-state index contributed by atoms with van der Waals surface area (Å²) >= 11 is 0. The van der Waals surface area contributed by atoms with Gasteiger partial charge in [-0.25, -0.2) is 0 Å². The van der Waals surface area contributed by atoms with Crippen molar-refractivity contribution in [3.05, 3.63) is 53.1 Å². The summed E-state index contributed by atoms with van der Waals surface area (Å²) < 4.78 is 10.6. The standard InChI is InChI=1S/C20H24N2O4/c1-6-13-11-17(25-4)18(26-5)12-16(13)19(23)21-15-9-7-8-14(10-15)20(24)22(2)3/h7-12H,6H2,1-5H3,(H,21,23). The summed E-state index contributed by atoms with van der Waals surface area (Å²) in [5, 5.41) is 2.85. The van der Waals surface area contributed by atoms with Crippen LogP contribution in [-0.2, 0) is 6.42 Å². The highest BCUT2D eigenvalue weighted by Crippen LogP contribution is 2.31. The first-order valence-electron chi connectivity index (χ1n) is 8.29. The van der Waals surface area contributed by atoms with E-state index in [4.69, 9.17) is 9.47 Å². The average molecular weight is 356 g/mol. The molecule has 26 heavy (non-hydrogen) atoms. The van der Waals surface area contributed by atoms with E-state index < -0.39 is 0 Å². The molecule has 2 aromatic carbocycles. The number of ether oxygens (including phenoxy) is 2. The van der Waals surface area contributed by atoms with Crippen LogP contribution >= 0.6 is 0 Å². The Morgan fingerprint density at radius 3 is 2.27 bits per heavy atom. The number of hydrogen-bond acceptors (Lipinski definition) is 4. The zero-order chi connectivity index (χ0) is 19.3. The molecule has 0 fully saturated rings. The highest BCUT2D eigenvalue weighted by Gasteiger charge is 2.17. The van der Waals surface area contributed by atoms with Gasteiger partial charge in [0.1, 0.15) is 0 Å². The molecular weight excluding hydrogens is 332 g/mol. The SMILES string of the molecule is CCc1cc(OC)c(OC)cc1C(=O)Nc1cccc(C(=O)N(C)C)c1. The number of anilines is 1. The second kappa shape index (κ2) is 8.38. The summed E-state index contributed by atoms with van der Waals surface area (Å²) in [6.07, 6.45) is 0.669. The van der Waals surface area contributed by atoms with Gasteiger partial charge in [0.05, 0.1) is 14.2 Å². The third-order valence-electron chi connectivity index (χ3n) is 4.01. The van der Waals surface area contributed by atoms with Crippen LogP contribution in [0.1, 0.15) is 33.2 Å².